The quantitative estimate of drug-likeness (QED) is 0.793. The smallest absolute Gasteiger partial charge is 0.207 e. The van der Waals surface area contributed by atoms with E-state index in [1.807, 2.05) is 6.07 Å². The van der Waals surface area contributed by atoms with E-state index >= 15 is 0 Å². The van der Waals surface area contributed by atoms with E-state index in [9.17, 15) is 21.6 Å². The van der Waals surface area contributed by atoms with Crippen molar-refractivity contribution in [2.75, 3.05) is 7.05 Å². The summed E-state index contributed by atoms with van der Waals surface area (Å²) in [5, 5.41) is 8.83. The number of halogens is 4. The molecule has 9 heteroatoms. The maximum absolute atomic E-state index is 12.6. The van der Waals surface area contributed by atoms with Crippen LogP contribution in [0.3, 0.4) is 0 Å². The van der Waals surface area contributed by atoms with E-state index in [0.717, 1.165) is 16.4 Å². The maximum Gasteiger partial charge on any atom is 0.416 e. The van der Waals surface area contributed by atoms with Crippen molar-refractivity contribution in [3.05, 3.63) is 64.2 Å². The lowest BCUT2D eigenvalue weighted by Crippen LogP contribution is -2.26. The largest absolute Gasteiger partial charge is 0.416 e. The summed E-state index contributed by atoms with van der Waals surface area (Å²) in [6.45, 7) is -0.113. The SMILES string of the molecule is CN(Cc1ccc(C(F)(F)F)cc1)S(=O)(=O)c1ccc(C#N)c(Cl)c1. The molecule has 2 rings (SSSR count). The molecule has 4 nitrogen and oxygen atoms in total. The normalized spacial score (nSPS) is 12.2. The van der Waals surface area contributed by atoms with Crippen LogP contribution in [0.5, 0.6) is 0 Å². The number of nitriles is 1. The fourth-order valence-corrected chi connectivity index (χ4v) is 3.54. The van der Waals surface area contributed by atoms with E-state index in [4.69, 9.17) is 16.9 Å². The van der Waals surface area contributed by atoms with Gasteiger partial charge >= 0.3 is 6.18 Å². The standard InChI is InChI=1S/C16H12ClF3N2O2S/c1-22(10-11-2-5-13(6-3-11)16(18,19)20)25(23,24)14-7-4-12(9-21)15(17)8-14/h2-8H,10H2,1H3. The summed E-state index contributed by atoms with van der Waals surface area (Å²) in [6.07, 6.45) is -4.45. The number of hydrogen-bond acceptors (Lipinski definition) is 3. The second kappa shape index (κ2) is 7.04. The Labute approximate surface area is 148 Å². The van der Waals surface area contributed by atoms with E-state index in [1.165, 1.54) is 37.4 Å². The maximum atomic E-state index is 12.6. The molecule has 0 saturated carbocycles. The molecule has 0 unspecified atom stereocenters. The molecule has 0 heterocycles. The molecular formula is C16H12ClF3N2O2S. The van der Waals surface area contributed by atoms with Crippen LogP contribution in [0.1, 0.15) is 16.7 Å². The molecule has 0 aromatic heterocycles. The van der Waals surface area contributed by atoms with Crippen molar-refractivity contribution in [1.82, 2.24) is 4.31 Å². The number of alkyl halides is 3. The molecule has 0 amide bonds. The lowest BCUT2D eigenvalue weighted by Gasteiger charge is -2.18. The zero-order valence-electron chi connectivity index (χ0n) is 12.9. The van der Waals surface area contributed by atoms with Gasteiger partial charge in [-0.3, -0.25) is 0 Å². The minimum Gasteiger partial charge on any atom is -0.207 e. The van der Waals surface area contributed by atoms with Crippen molar-refractivity contribution < 1.29 is 21.6 Å². The number of sulfonamides is 1. The molecule has 0 atom stereocenters. The van der Waals surface area contributed by atoms with E-state index in [2.05, 4.69) is 0 Å². The highest BCUT2D eigenvalue weighted by molar-refractivity contribution is 7.89. The van der Waals surface area contributed by atoms with Crippen molar-refractivity contribution in [2.24, 2.45) is 0 Å². The molecule has 0 aliphatic heterocycles. The van der Waals surface area contributed by atoms with Gasteiger partial charge in [0.05, 0.1) is 21.0 Å². The number of nitrogens with zero attached hydrogens (tertiary/aromatic N) is 2. The van der Waals surface area contributed by atoms with Gasteiger partial charge in [-0.2, -0.15) is 22.7 Å². The second-order valence-electron chi connectivity index (χ2n) is 5.21. The molecule has 0 bridgehead atoms. The topological polar surface area (TPSA) is 61.2 Å². The summed E-state index contributed by atoms with van der Waals surface area (Å²) in [5.74, 6) is 0. The Morgan fingerprint density at radius 1 is 1.16 bits per heavy atom. The monoisotopic (exact) mass is 388 g/mol. The van der Waals surface area contributed by atoms with Crippen LogP contribution in [0.25, 0.3) is 0 Å². The van der Waals surface area contributed by atoms with Gasteiger partial charge in [0.25, 0.3) is 0 Å². The van der Waals surface area contributed by atoms with Crippen molar-refractivity contribution >= 4 is 21.6 Å². The first kappa shape index (κ1) is 19.2. The molecule has 0 aliphatic rings. The summed E-state index contributed by atoms with van der Waals surface area (Å²) < 4.78 is 63.7. The Kier molecular flexibility index (Phi) is 5.42. The minimum absolute atomic E-state index is 0.00602. The molecule has 132 valence electrons. The number of benzene rings is 2. The molecule has 0 spiro atoms. The van der Waals surface area contributed by atoms with Crippen LogP contribution in [0, 0.1) is 11.3 Å². The fraction of sp³-hybridized carbons (Fsp3) is 0.188. The van der Waals surface area contributed by atoms with E-state index in [-0.39, 0.29) is 22.0 Å². The summed E-state index contributed by atoms with van der Waals surface area (Å²) in [5.41, 5.74) is -0.259. The van der Waals surface area contributed by atoms with Crippen molar-refractivity contribution in [3.63, 3.8) is 0 Å². The highest BCUT2D eigenvalue weighted by Crippen LogP contribution is 2.29. The first-order chi connectivity index (χ1) is 11.6. The van der Waals surface area contributed by atoms with Gasteiger partial charge in [-0.25, -0.2) is 8.42 Å². The first-order valence-electron chi connectivity index (χ1n) is 6.88. The third-order valence-corrected chi connectivity index (χ3v) is 5.57. The lowest BCUT2D eigenvalue weighted by molar-refractivity contribution is -0.137. The van der Waals surface area contributed by atoms with E-state index < -0.39 is 21.8 Å². The van der Waals surface area contributed by atoms with Gasteiger partial charge in [0, 0.05) is 13.6 Å². The zero-order valence-corrected chi connectivity index (χ0v) is 14.5. The van der Waals surface area contributed by atoms with E-state index in [1.54, 1.807) is 0 Å². The van der Waals surface area contributed by atoms with Crippen LogP contribution in [0.15, 0.2) is 47.4 Å². The van der Waals surface area contributed by atoms with Crippen molar-refractivity contribution in [3.8, 4) is 6.07 Å². The van der Waals surface area contributed by atoms with Crippen molar-refractivity contribution in [1.29, 1.82) is 5.26 Å². The summed E-state index contributed by atoms with van der Waals surface area (Å²) in [4.78, 5) is -0.106. The number of rotatable bonds is 4. The summed E-state index contributed by atoms with van der Waals surface area (Å²) >= 11 is 5.85. The Hall–Kier alpha value is -2.08. The van der Waals surface area contributed by atoms with Crippen LogP contribution < -0.4 is 0 Å². The minimum atomic E-state index is -4.45. The molecule has 0 radical (unpaired) electrons. The third kappa shape index (κ3) is 4.31. The van der Waals surface area contributed by atoms with Gasteiger partial charge < -0.3 is 0 Å². The van der Waals surface area contributed by atoms with Crippen LogP contribution in [-0.2, 0) is 22.7 Å². The molecule has 2 aromatic carbocycles. The molecule has 0 saturated heterocycles. The highest BCUT2D eigenvalue weighted by Gasteiger charge is 2.30. The first-order valence-corrected chi connectivity index (χ1v) is 8.69. The third-order valence-electron chi connectivity index (χ3n) is 3.46. The Morgan fingerprint density at radius 3 is 2.24 bits per heavy atom. The summed E-state index contributed by atoms with van der Waals surface area (Å²) in [6, 6.07) is 9.78. The van der Waals surface area contributed by atoms with Crippen LogP contribution in [0.2, 0.25) is 5.02 Å². The molecule has 0 aliphatic carbocycles. The van der Waals surface area contributed by atoms with Crippen molar-refractivity contribution in [2.45, 2.75) is 17.6 Å². The Morgan fingerprint density at radius 2 is 1.76 bits per heavy atom. The van der Waals surface area contributed by atoms with Gasteiger partial charge in [-0.15, -0.1) is 0 Å². The van der Waals surface area contributed by atoms with Gasteiger partial charge in [-0.1, -0.05) is 23.7 Å². The van der Waals surface area contributed by atoms with Crippen LogP contribution in [-0.4, -0.2) is 19.8 Å². The fourth-order valence-electron chi connectivity index (χ4n) is 2.07. The summed E-state index contributed by atoms with van der Waals surface area (Å²) in [7, 11) is -2.60. The molecular weight excluding hydrogens is 377 g/mol. The molecule has 25 heavy (non-hydrogen) atoms. The average molecular weight is 389 g/mol. The molecule has 0 fully saturated rings. The average Bonchev–Trinajstić information content (AvgIpc) is 2.54. The van der Waals surface area contributed by atoms with Gasteiger partial charge in [0.1, 0.15) is 6.07 Å². The number of hydrogen-bond donors (Lipinski definition) is 0. The predicted molar refractivity (Wildman–Crippen MR) is 86.3 cm³/mol. The second-order valence-corrected chi connectivity index (χ2v) is 7.66. The van der Waals surface area contributed by atoms with Crippen LogP contribution >= 0.6 is 11.6 Å². The lowest BCUT2D eigenvalue weighted by atomic mass is 10.1. The Bertz CT molecular complexity index is 920. The zero-order chi connectivity index (χ0) is 18.8. The van der Waals surface area contributed by atoms with Gasteiger partial charge in [0.2, 0.25) is 10.0 Å². The molecule has 2 aromatic rings. The predicted octanol–water partition coefficient (Wildman–Crippen LogP) is 4.05. The van der Waals surface area contributed by atoms with Crippen LogP contribution in [0.4, 0.5) is 13.2 Å². The molecule has 0 N–H and O–H groups in total. The van der Waals surface area contributed by atoms with Gasteiger partial charge in [0.15, 0.2) is 0 Å². The van der Waals surface area contributed by atoms with E-state index in [0.29, 0.717) is 5.56 Å². The highest BCUT2D eigenvalue weighted by atomic mass is 35.5. The Balaban J connectivity index is 2.23. The van der Waals surface area contributed by atoms with Gasteiger partial charge in [-0.05, 0) is 35.9 Å².